The van der Waals surface area contributed by atoms with Gasteiger partial charge in [0.05, 0.1) is 5.69 Å². The second-order valence-corrected chi connectivity index (χ2v) is 5.85. The second kappa shape index (κ2) is 6.53. The molecule has 1 unspecified atom stereocenters. The summed E-state index contributed by atoms with van der Waals surface area (Å²) in [4.78, 5) is 2.58. The fourth-order valence-electron chi connectivity index (χ4n) is 3.13. The van der Waals surface area contributed by atoms with Crippen LogP contribution >= 0.6 is 0 Å². The Balaban J connectivity index is 1.84. The minimum atomic E-state index is 0.399. The van der Waals surface area contributed by atoms with Crippen LogP contribution in [0.1, 0.15) is 50.4 Å². The lowest BCUT2D eigenvalue weighted by Crippen LogP contribution is -2.43. The molecule has 2 heterocycles. The number of hydrogen-bond donors (Lipinski definition) is 1. The van der Waals surface area contributed by atoms with Gasteiger partial charge in [0.25, 0.3) is 0 Å². The Morgan fingerprint density at radius 3 is 2.63 bits per heavy atom. The van der Waals surface area contributed by atoms with E-state index in [1.165, 1.54) is 44.5 Å². The van der Waals surface area contributed by atoms with E-state index in [0.717, 1.165) is 5.69 Å². The minimum Gasteiger partial charge on any atom is -0.307 e. The van der Waals surface area contributed by atoms with Gasteiger partial charge in [0.2, 0.25) is 0 Å². The molecule has 1 aromatic heterocycles. The Morgan fingerprint density at radius 1 is 1.42 bits per heavy atom. The first-order valence-corrected chi connectivity index (χ1v) is 7.58. The van der Waals surface area contributed by atoms with Gasteiger partial charge >= 0.3 is 0 Å². The van der Waals surface area contributed by atoms with E-state index in [4.69, 9.17) is 0 Å². The van der Waals surface area contributed by atoms with Gasteiger partial charge in [0.1, 0.15) is 0 Å². The quantitative estimate of drug-likeness (QED) is 0.885. The molecule has 4 heteroatoms. The molecular formula is C15H28N4. The van der Waals surface area contributed by atoms with E-state index in [9.17, 15) is 0 Å². The molecule has 19 heavy (non-hydrogen) atoms. The van der Waals surface area contributed by atoms with Crippen molar-refractivity contribution in [3.05, 3.63) is 17.5 Å². The monoisotopic (exact) mass is 264 g/mol. The number of aryl methyl sites for hydroxylation is 2. The molecule has 0 spiro atoms. The zero-order chi connectivity index (χ0) is 13.8. The summed E-state index contributed by atoms with van der Waals surface area (Å²) in [7, 11) is 1.99. The van der Waals surface area contributed by atoms with Gasteiger partial charge in [-0.05, 0) is 52.7 Å². The summed E-state index contributed by atoms with van der Waals surface area (Å²) in [6.45, 7) is 10.3. The van der Waals surface area contributed by atoms with Crippen molar-refractivity contribution in [1.29, 1.82) is 0 Å². The van der Waals surface area contributed by atoms with E-state index in [-0.39, 0.29) is 0 Å². The van der Waals surface area contributed by atoms with Crippen LogP contribution in [0, 0.1) is 6.92 Å². The predicted octanol–water partition coefficient (Wildman–Crippen LogP) is 2.25. The molecule has 0 radical (unpaired) electrons. The van der Waals surface area contributed by atoms with Gasteiger partial charge in [-0.25, -0.2) is 0 Å². The first kappa shape index (κ1) is 14.5. The number of aromatic nitrogens is 2. The third-order valence-corrected chi connectivity index (χ3v) is 4.13. The standard InChI is InChI=1S/C15H28N4/c1-5-8-19-9-6-14(7-10-19)16-12(2)15-11-18(4)17-13(15)3/h11-12,14,16H,5-10H2,1-4H3. The fraction of sp³-hybridized carbons (Fsp3) is 0.800. The lowest BCUT2D eigenvalue weighted by molar-refractivity contribution is 0.192. The zero-order valence-corrected chi connectivity index (χ0v) is 12.8. The highest BCUT2D eigenvalue weighted by Crippen LogP contribution is 2.19. The van der Waals surface area contributed by atoms with Crippen molar-refractivity contribution in [3.63, 3.8) is 0 Å². The third-order valence-electron chi connectivity index (χ3n) is 4.13. The molecule has 0 saturated carbocycles. The number of rotatable bonds is 5. The maximum absolute atomic E-state index is 4.43. The van der Waals surface area contributed by atoms with Gasteiger partial charge in [-0.1, -0.05) is 6.92 Å². The van der Waals surface area contributed by atoms with E-state index < -0.39 is 0 Å². The normalized spacial score (nSPS) is 19.8. The number of piperidine rings is 1. The Hall–Kier alpha value is -0.870. The average Bonchev–Trinajstić information content (AvgIpc) is 2.71. The summed E-state index contributed by atoms with van der Waals surface area (Å²) in [6.07, 6.45) is 5.94. The molecule has 1 aliphatic rings. The largest absolute Gasteiger partial charge is 0.307 e. The van der Waals surface area contributed by atoms with Crippen molar-refractivity contribution in [2.45, 2.75) is 52.1 Å². The van der Waals surface area contributed by atoms with Gasteiger partial charge in [0.15, 0.2) is 0 Å². The summed E-state index contributed by atoms with van der Waals surface area (Å²) in [5, 5.41) is 8.20. The Morgan fingerprint density at radius 2 is 2.11 bits per heavy atom. The summed E-state index contributed by atoms with van der Waals surface area (Å²) >= 11 is 0. The second-order valence-electron chi connectivity index (χ2n) is 5.85. The number of likely N-dealkylation sites (tertiary alicyclic amines) is 1. The van der Waals surface area contributed by atoms with E-state index in [1.54, 1.807) is 0 Å². The molecular weight excluding hydrogens is 236 g/mol. The number of hydrogen-bond acceptors (Lipinski definition) is 3. The van der Waals surface area contributed by atoms with E-state index in [1.807, 2.05) is 11.7 Å². The van der Waals surface area contributed by atoms with E-state index >= 15 is 0 Å². The van der Waals surface area contributed by atoms with Crippen LogP contribution in [-0.2, 0) is 7.05 Å². The van der Waals surface area contributed by atoms with Crippen molar-refractivity contribution in [2.24, 2.45) is 7.05 Å². The van der Waals surface area contributed by atoms with Gasteiger partial charge in [-0.2, -0.15) is 5.10 Å². The van der Waals surface area contributed by atoms with Crippen LogP contribution in [0.3, 0.4) is 0 Å². The molecule has 2 rings (SSSR count). The topological polar surface area (TPSA) is 33.1 Å². The number of nitrogens with one attached hydrogen (secondary N) is 1. The van der Waals surface area contributed by atoms with Crippen LogP contribution in [0.5, 0.6) is 0 Å². The highest BCUT2D eigenvalue weighted by Gasteiger charge is 2.21. The van der Waals surface area contributed by atoms with Crippen molar-refractivity contribution in [3.8, 4) is 0 Å². The predicted molar refractivity (Wildman–Crippen MR) is 79.2 cm³/mol. The molecule has 1 fully saturated rings. The van der Waals surface area contributed by atoms with E-state index in [2.05, 4.69) is 42.3 Å². The summed E-state index contributed by atoms with van der Waals surface area (Å²) in [6, 6.07) is 1.05. The molecule has 0 aromatic carbocycles. The van der Waals surface area contributed by atoms with Crippen LogP contribution < -0.4 is 5.32 Å². The fourth-order valence-corrected chi connectivity index (χ4v) is 3.13. The molecule has 4 nitrogen and oxygen atoms in total. The van der Waals surface area contributed by atoms with Crippen molar-refractivity contribution >= 4 is 0 Å². The van der Waals surface area contributed by atoms with Crippen LogP contribution in [0.2, 0.25) is 0 Å². The summed E-state index contributed by atoms with van der Waals surface area (Å²) < 4.78 is 1.91. The molecule has 1 saturated heterocycles. The highest BCUT2D eigenvalue weighted by atomic mass is 15.3. The summed E-state index contributed by atoms with van der Waals surface area (Å²) in [5.41, 5.74) is 2.48. The molecule has 0 aliphatic carbocycles. The first-order valence-electron chi connectivity index (χ1n) is 7.58. The molecule has 1 aromatic rings. The lowest BCUT2D eigenvalue weighted by Gasteiger charge is -2.33. The van der Waals surface area contributed by atoms with Gasteiger partial charge in [-0.3, -0.25) is 4.68 Å². The van der Waals surface area contributed by atoms with Crippen molar-refractivity contribution in [2.75, 3.05) is 19.6 Å². The Kier molecular flexibility index (Phi) is 4.99. The molecule has 0 amide bonds. The average molecular weight is 264 g/mol. The van der Waals surface area contributed by atoms with Crippen molar-refractivity contribution in [1.82, 2.24) is 20.0 Å². The number of nitrogens with zero attached hydrogens (tertiary/aromatic N) is 3. The van der Waals surface area contributed by atoms with Gasteiger partial charge < -0.3 is 10.2 Å². The minimum absolute atomic E-state index is 0.399. The van der Waals surface area contributed by atoms with E-state index in [0.29, 0.717) is 12.1 Å². The molecule has 1 N–H and O–H groups in total. The maximum Gasteiger partial charge on any atom is 0.0641 e. The van der Waals surface area contributed by atoms with Gasteiger partial charge in [0, 0.05) is 30.9 Å². The molecule has 1 aliphatic heterocycles. The maximum atomic E-state index is 4.43. The van der Waals surface area contributed by atoms with Crippen LogP contribution in [-0.4, -0.2) is 40.4 Å². The first-order chi connectivity index (χ1) is 9.10. The van der Waals surface area contributed by atoms with Crippen LogP contribution in [0.15, 0.2) is 6.20 Å². The van der Waals surface area contributed by atoms with Gasteiger partial charge in [-0.15, -0.1) is 0 Å². The molecule has 0 bridgehead atoms. The van der Waals surface area contributed by atoms with Crippen LogP contribution in [0.4, 0.5) is 0 Å². The Bertz CT molecular complexity index is 391. The zero-order valence-electron chi connectivity index (χ0n) is 12.8. The van der Waals surface area contributed by atoms with Crippen molar-refractivity contribution < 1.29 is 0 Å². The van der Waals surface area contributed by atoms with Crippen LogP contribution in [0.25, 0.3) is 0 Å². The molecule has 1 atom stereocenters. The molecule has 108 valence electrons. The Labute approximate surface area is 117 Å². The lowest BCUT2D eigenvalue weighted by atomic mass is 10.0. The highest BCUT2D eigenvalue weighted by molar-refractivity contribution is 5.19. The SMILES string of the molecule is CCCN1CCC(NC(C)c2cn(C)nc2C)CC1. The summed E-state index contributed by atoms with van der Waals surface area (Å²) in [5.74, 6) is 0. The third kappa shape index (κ3) is 3.80. The smallest absolute Gasteiger partial charge is 0.0641 e.